The van der Waals surface area contributed by atoms with Gasteiger partial charge in [0.05, 0.1) is 37.3 Å². The van der Waals surface area contributed by atoms with Crippen LogP contribution in [0.5, 0.6) is 0 Å². The van der Waals surface area contributed by atoms with Gasteiger partial charge in [0, 0.05) is 12.1 Å². The highest BCUT2D eigenvalue weighted by Gasteiger charge is 2.41. The van der Waals surface area contributed by atoms with E-state index in [1.54, 1.807) is 0 Å². The smallest absolute Gasteiger partial charge is 0.237 e. The van der Waals surface area contributed by atoms with Crippen molar-refractivity contribution in [1.82, 2.24) is 9.80 Å². The molecular formula is C19H32N2O5S. The van der Waals surface area contributed by atoms with Gasteiger partial charge in [0.1, 0.15) is 0 Å². The summed E-state index contributed by atoms with van der Waals surface area (Å²) in [6, 6.07) is 0.189. The maximum Gasteiger partial charge on any atom is 0.237 e. The Morgan fingerprint density at radius 1 is 0.963 bits per heavy atom. The van der Waals surface area contributed by atoms with Crippen molar-refractivity contribution in [2.24, 2.45) is 0 Å². The van der Waals surface area contributed by atoms with Crippen LogP contribution in [0, 0.1) is 0 Å². The lowest BCUT2D eigenvalue weighted by molar-refractivity contribution is -0.143. The van der Waals surface area contributed by atoms with Crippen LogP contribution >= 0.6 is 0 Å². The molecule has 3 heterocycles. The number of likely N-dealkylation sites (tertiary alicyclic amines) is 1. The van der Waals surface area contributed by atoms with Crippen LogP contribution in [0.3, 0.4) is 0 Å². The predicted molar refractivity (Wildman–Crippen MR) is 101 cm³/mol. The third kappa shape index (κ3) is 4.49. The average Bonchev–Trinajstić information content (AvgIpc) is 3.38. The summed E-state index contributed by atoms with van der Waals surface area (Å²) in [6.07, 6.45) is 7.81. The minimum Gasteiger partial charge on any atom is -0.349 e. The number of hydrogen-bond donors (Lipinski definition) is 0. The topological polar surface area (TPSA) is 76.2 Å². The van der Waals surface area contributed by atoms with Gasteiger partial charge in [-0.3, -0.25) is 9.69 Å². The van der Waals surface area contributed by atoms with E-state index in [2.05, 4.69) is 4.90 Å². The Kier molecular flexibility index (Phi) is 6.06. The van der Waals surface area contributed by atoms with E-state index in [-0.39, 0.29) is 41.8 Å². The van der Waals surface area contributed by atoms with E-state index >= 15 is 0 Å². The SMILES string of the molecule is O=C(CN1CCCCC1C1OCCO1)N(C1CCCC1)C1CCS(=O)(=O)C1. The normalized spacial score (nSPS) is 32.9. The first-order chi connectivity index (χ1) is 13.0. The molecule has 4 rings (SSSR count). The largest absolute Gasteiger partial charge is 0.349 e. The zero-order valence-electron chi connectivity index (χ0n) is 16.1. The third-order valence-corrected chi connectivity index (χ3v) is 8.32. The minimum atomic E-state index is -3.01. The summed E-state index contributed by atoms with van der Waals surface area (Å²) in [5, 5.41) is 0. The van der Waals surface area contributed by atoms with Crippen LogP contribution in [0.15, 0.2) is 0 Å². The monoisotopic (exact) mass is 400 g/mol. The van der Waals surface area contributed by atoms with Gasteiger partial charge in [0.25, 0.3) is 0 Å². The molecule has 3 aliphatic heterocycles. The van der Waals surface area contributed by atoms with Crippen LogP contribution in [0.25, 0.3) is 0 Å². The third-order valence-electron chi connectivity index (χ3n) is 6.57. The highest BCUT2D eigenvalue weighted by atomic mass is 32.2. The summed E-state index contributed by atoms with van der Waals surface area (Å²) in [7, 11) is -3.01. The molecule has 2 atom stereocenters. The molecule has 0 N–H and O–H groups in total. The second kappa shape index (κ2) is 8.35. The molecule has 7 nitrogen and oxygen atoms in total. The van der Waals surface area contributed by atoms with Crippen LogP contribution in [0.2, 0.25) is 0 Å². The first kappa shape index (κ1) is 19.6. The summed E-state index contributed by atoms with van der Waals surface area (Å²) in [4.78, 5) is 17.5. The van der Waals surface area contributed by atoms with Crippen molar-refractivity contribution < 1.29 is 22.7 Å². The van der Waals surface area contributed by atoms with Gasteiger partial charge < -0.3 is 14.4 Å². The first-order valence-electron chi connectivity index (χ1n) is 10.5. The van der Waals surface area contributed by atoms with Gasteiger partial charge in [0.2, 0.25) is 5.91 Å². The van der Waals surface area contributed by atoms with Gasteiger partial charge in [-0.1, -0.05) is 19.3 Å². The molecule has 27 heavy (non-hydrogen) atoms. The van der Waals surface area contributed by atoms with Crippen LogP contribution < -0.4 is 0 Å². The second-order valence-electron chi connectivity index (χ2n) is 8.44. The quantitative estimate of drug-likeness (QED) is 0.690. The Balaban J connectivity index is 1.47. The molecule has 3 saturated heterocycles. The van der Waals surface area contributed by atoms with Crippen LogP contribution in [0.1, 0.15) is 51.4 Å². The second-order valence-corrected chi connectivity index (χ2v) is 10.7. The fraction of sp³-hybridized carbons (Fsp3) is 0.947. The van der Waals surface area contributed by atoms with Gasteiger partial charge in [-0.25, -0.2) is 8.42 Å². The molecule has 4 aliphatic rings. The number of rotatable bonds is 5. The molecule has 1 aliphatic carbocycles. The molecule has 154 valence electrons. The number of carbonyl (C=O) groups excluding carboxylic acids is 1. The maximum atomic E-state index is 13.4. The van der Waals surface area contributed by atoms with Crippen molar-refractivity contribution >= 4 is 15.7 Å². The maximum absolute atomic E-state index is 13.4. The molecule has 0 radical (unpaired) electrons. The summed E-state index contributed by atoms with van der Waals surface area (Å²) >= 11 is 0. The molecule has 4 fully saturated rings. The van der Waals surface area contributed by atoms with Crippen molar-refractivity contribution in [2.45, 2.75) is 75.8 Å². The Morgan fingerprint density at radius 3 is 2.33 bits per heavy atom. The number of sulfone groups is 1. The Bertz CT molecular complexity index is 628. The van der Waals surface area contributed by atoms with E-state index in [0.29, 0.717) is 26.2 Å². The van der Waals surface area contributed by atoms with E-state index in [0.717, 1.165) is 51.5 Å². The lowest BCUT2D eigenvalue weighted by Crippen LogP contribution is -2.55. The van der Waals surface area contributed by atoms with Gasteiger partial charge in [-0.15, -0.1) is 0 Å². The number of nitrogens with zero attached hydrogens (tertiary/aromatic N) is 2. The number of hydrogen-bond acceptors (Lipinski definition) is 6. The van der Waals surface area contributed by atoms with E-state index in [1.807, 2.05) is 4.90 Å². The van der Waals surface area contributed by atoms with Crippen LogP contribution in [0.4, 0.5) is 0 Å². The van der Waals surface area contributed by atoms with Crippen molar-refractivity contribution in [1.29, 1.82) is 0 Å². The highest BCUT2D eigenvalue weighted by Crippen LogP contribution is 2.30. The summed E-state index contributed by atoms with van der Waals surface area (Å²) in [5.41, 5.74) is 0. The standard InChI is InChI=1S/C19H32N2O5S/c22-18(13-20-9-4-3-7-17(20)19-25-10-11-26-19)21(15-5-1-2-6-15)16-8-12-27(23,24)14-16/h15-17,19H,1-14H2. The van der Waals surface area contributed by atoms with E-state index in [1.165, 1.54) is 0 Å². The molecule has 0 spiro atoms. The van der Waals surface area contributed by atoms with Crippen LogP contribution in [-0.4, -0.2) is 86.3 Å². The van der Waals surface area contributed by atoms with Crippen molar-refractivity contribution in [2.75, 3.05) is 37.8 Å². The molecule has 0 bridgehead atoms. The van der Waals surface area contributed by atoms with E-state index in [9.17, 15) is 13.2 Å². The molecular weight excluding hydrogens is 368 g/mol. The molecule has 0 aromatic carbocycles. The van der Waals surface area contributed by atoms with Crippen molar-refractivity contribution in [3.8, 4) is 0 Å². The van der Waals surface area contributed by atoms with Gasteiger partial charge in [-0.05, 0) is 38.6 Å². The summed E-state index contributed by atoms with van der Waals surface area (Å²) in [6.45, 7) is 2.47. The average molecular weight is 401 g/mol. The molecule has 0 aromatic rings. The molecule has 1 amide bonds. The molecule has 0 aromatic heterocycles. The van der Waals surface area contributed by atoms with Gasteiger partial charge >= 0.3 is 0 Å². The Labute approximate surface area is 162 Å². The van der Waals surface area contributed by atoms with Crippen LogP contribution in [-0.2, 0) is 24.1 Å². The fourth-order valence-electron chi connectivity index (χ4n) is 5.26. The van der Waals surface area contributed by atoms with E-state index < -0.39 is 9.84 Å². The molecule has 2 unspecified atom stereocenters. The number of amides is 1. The Hall–Kier alpha value is -0.700. The van der Waals surface area contributed by atoms with Crippen molar-refractivity contribution in [3.63, 3.8) is 0 Å². The summed E-state index contributed by atoms with van der Waals surface area (Å²) in [5.74, 6) is 0.437. The predicted octanol–water partition coefficient (Wildman–Crippen LogP) is 1.17. The highest BCUT2D eigenvalue weighted by molar-refractivity contribution is 7.91. The number of ether oxygens (including phenoxy) is 2. The number of carbonyl (C=O) groups is 1. The summed E-state index contributed by atoms with van der Waals surface area (Å²) < 4.78 is 35.5. The number of piperidine rings is 1. The van der Waals surface area contributed by atoms with Gasteiger partial charge in [0.15, 0.2) is 16.1 Å². The zero-order valence-corrected chi connectivity index (χ0v) is 16.9. The lowest BCUT2D eigenvalue weighted by atomic mass is 10.0. The van der Waals surface area contributed by atoms with E-state index in [4.69, 9.17) is 9.47 Å². The molecule has 1 saturated carbocycles. The van der Waals surface area contributed by atoms with Gasteiger partial charge in [-0.2, -0.15) is 0 Å². The Morgan fingerprint density at radius 2 is 1.67 bits per heavy atom. The lowest BCUT2D eigenvalue weighted by Gasteiger charge is -2.40. The zero-order chi connectivity index (χ0) is 18.9. The first-order valence-corrected chi connectivity index (χ1v) is 12.3. The van der Waals surface area contributed by atoms with Crippen molar-refractivity contribution in [3.05, 3.63) is 0 Å². The molecule has 8 heteroatoms. The fourth-order valence-corrected chi connectivity index (χ4v) is 6.97. The minimum absolute atomic E-state index is 0.0916.